The molecule has 1 aromatic carbocycles. The number of nitrogens with zero attached hydrogens (tertiary/aromatic N) is 1. The number of carbonyl (C=O) groups is 2. The predicted molar refractivity (Wildman–Crippen MR) is 60.4 cm³/mol. The number of fused-ring (bicyclic) bond motifs is 1. The number of anilines is 1. The summed E-state index contributed by atoms with van der Waals surface area (Å²) in [6.45, 7) is 0.423. The Morgan fingerprint density at radius 2 is 2.12 bits per heavy atom. The van der Waals surface area contributed by atoms with E-state index in [9.17, 15) is 14.0 Å². The van der Waals surface area contributed by atoms with Gasteiger partial charge in [-0.25, -0.2) is 4.39 Å². The summed E-state index contributed by atoms with van der Waals surface area (Å²) in [6, 6.07) is 4.05. The molecule has 1 saturated carbocycles. The topological polar surface area (TPSA) is 37.4 Å². The average Bonchev–Trinajstić information content (AvgIpc) is 3.13. The van der Waals surface area contributed by atoms with E-state index in [2.05, 4.69) is 0 Å². The zero-order valence-electron chi connectivity index (χ0n) is 9.28. The number of hydrogen-bond acceptors (Lipinski definition) is 2. The van der Waals surface area contributed by atoms with Crippen LogP contribution in [0.2, 0.25) is 0 Å². The maximum Gasteiger partial charge on any atom is 0.230 e. The molecule has 4 heteroatoms. The van der Waals surface area contributed by atoms with Crippen LogP contribution in [-0.2, 0) is 4.79 Å². The molecular weight excluding hydrogens is 221 g/mol. The Morgan fingerprint density at radius 1 is 1.35 bits per heavy atom. The summed E-state index contributed by atoms with van der Waals surface area (Å²) in [7, 11) is 0. The molecule has 0 saturated heterocycles. The van der Waals surface area contributed by atoms with Gasteiger partial charge in [-0.15, -0.1) is 0 Å². The first-order valence-electron chi connectivity index (χ1n) is 5.81. The molecule has 1 amide bonds. The summed E-state index contributed by atoms with van der Waals surface area (Å²) in [5.74, 6) is -0.330. The molecule has 0 unspecified atom stereocenters. The Kier molecular flexibility index (Phi) is 2.24. The van der Waals surface area contributed by atoms with Gasteiger partial charge in [0.25, 0.3) is 0 Å². The van der Waals surface area contributed by atoms with Crippen LogP contribution in [0.15, 0.2) is 18.2 Å². The van der Waals surface area contributed by atoms with Gasteiger partial charge in [0.05, 0.1) is 5.69 Å². The number of rotatable bonds is 1. The van der Waals surface area contributed by atoms with Gasteiger partial charge < -0.3 is 4.90 Å². The van der Waals surface area contributed by atoms with Gasteiger partial charge in [-0.3, -0.25) is 9.59 Å². The first-order valence-corrected chi connectivity index (χ1v) is 5.81. The second-order valence-corrected chi connectivity index (χ2v) is 4.60. The molecule has 0 aromatic heterocycles. The van der Waals surface area contributed by atoms with Crippen molar-refractivity contribution in [3.8, 4) is 0 Å². The molecule has 0 spiro atoms. The van der Waals surface area contributed by atoms with Crippen LogP contribution in [0.3, 0.4) is 0 Å². The second-order valence-electron chi connectivity index (χ2n) is 4.60. The monoisotopic (exact) mass is 233 g/mol. The largest absolute Gasteiger partial charge is 0.311 e. The standard InChI is InChI=1S/C13H12FNO2/c14-9-3-4-11-10(7-9)12(16)5-6-15(11)13(17)8-1-2-8/h3-4,7-8H,1-2,5-6H2. The summed E-state index contributed by atoms with van der Waals surface area (Å²) in [6.07, 6.45) is 2.15. The Labute approximate surface area is 98.2 Å². The van der Waals surface area contributed by atoms with E-state index in [0.29, 0.717) is 17.8 Å². The third kappa shape index (κ3) is 1.73. The average molecular weight is 233 g/mol. The SMILES string of the molecule is O=C1CCN(C(=O)C2CC2)c2ccc(F)cc21. The molecule has 0 radical (unpaired) electrons. The smallest absolute Gasteiger partial charge is 0.230 e. The lowest BCUT2D eigenvalue weighted by Gasteiger charge is -2.28. The van der Waals surface area contributed by atoms with Crippen molar-refractivity contribution in [2.75, 3.05) is 11.4 Å². The van der Waals surface area contributed by atoms with Crippen LogP contribution >= 0.6 is 0 Å². The van der Waals surface area contributed by atoms with E-state index >= 15 is 0 Å². The van der Waals surface area contributed by atoms with Crippen LogP contribution in [0.25, 0.3) is 0 Å². The van der Waals surface area contributed by atoms with Gasteiger partial charge in [0.15, 0.2) is 5.78 Å². The van der Waals surface area contributed by atoms with Gasteiger partial charge >= 0.3 is 0 Å². The predicted octanol–water partition coefficient (Wildman–Crippen LogP) is 2.16. The first kappa shape index (κ1) is 10.4. The van der Waals surface area contributed by atoms with Gasteiger partial charge in [-0.1, -0.05) is 0 Å². The number of hydrogen-bond donors (Lipinski definition) is 0. The summed E-state index contributed by atoms with van der Waals surface area (Å²) in [5.41, 5.74) is 0.907. The lowest BCUT2D eigenvalue weighted by Crippen LogP contribution is -2.38. The quantitative estimate of drug-likeness (QED) is 0.745. The van der Waals surface area contributed by atoms with E-state index in [0.717, 1.165) is 12.8 Å². The number of benzene rings is 1. The van der Waals surface area contributed by atoms with Crippen molar-refractivity contribution >= 4 is 17.4 Å². The van der Waals surface area contributed by atoms with Gasteiger partial charge in [0, 0.05) is 24.4 Å². The number of halogens is 1. The normalized spacial score (nSPS) is 19.1. The van der Waals surface area contributed by atoms with Gasteiger partial charge in [0.1, 0.15) is 5.82 Å². The molecule has 0 bridgehead atoms. The van der Waals surface area contributed by atoms with Crippen LogP contribution < -0.4 is 4.90 Å². The fourth-order valence-electron chi connectivity index (χ4n) is 2.22. The zero-order chi connectivity index (χ0) is 12.0. The maximum atomic E-state index is 13.1. The van der Waals surface area contributed by atoms with Gasteiger partial charge in [0.2, 0.25) is 5.91 Å². The molecule has 1 heterocycles. The third-order valence-electron chi connectivity index (χ3n) is 3.30. The Bertz CT molecular complexity index is 508. The van der Waals surface area contributed by atoms with E-state index in [-0.39, 0.29) is 24.0 Å². The lowest BCUT2D eigenvalue weighted by atomic mass is 10.00. The van der Waals surface area contributed by atoms with Gasteiger partial charge in [-0.05, 0) is 31.0 Å². The highest BCUT2D eigenvalue weighted by atomic mass is 19.1. The number of ketones is 1. The molecule has 0 atom stereocenters. The van der Waals surface area contributed by atoms with Crippen LogP contribution in [-0.4, -0.2) is 18.2 Å². The van der Waals surface area contributed by atoms with E-state index in [1.807, 2.05) is 0 Å². The van der Waals surface area contributed by atoms with Crippen molar-refractivity contribution in [2.24, 2.45) is 5.92 Å². The molecule has 1 aliphatic carbocycles. The highest BCUT2D eigenvalue weighted by Crippen LogP contribution is 2.35. The molecule has 1 aliphatic heterocycles. The summed E-state index contributed by atoms with van der Waals surface area (Å²) < 4.78 is 13.1. The number of amides is 1. The second kappa shape index (κ2) is 3.65. The van der Waals surface area contributed by atoms with Crippen molar-refractivity contribution in [3.63, 3.8) is 0 Å². The third-order valence-corrected chi connectivity index (χ3v) is 3.30. The molecular formula is C13H12FNO2. The van der Waals surface area contributed by atoms with Gasteiger partial charge in [-0.2, -0.15) is 0 Å². The van der Waals surface area contributed by atoms with Crippen molar-refractivity contribution in [1.29, 1.82) is 0 Å². The molecule has 3 nitrogen and oxygen atoms in total. The number of carbonyl (C=O) groups excluding carboxylic acids is 2. The van der Waals surface area contributed by atoms with Crippen molar-refractivity contribution in [1.82, 2.24) is 0 Å². The minimum Gasteiger partial charge on any atom is -0.311 e. The molecule has 0 N–H and O–H groups in total. The summed E-state index contributed by atoms with van der Waals surface area (Å²) in [4.78, 5) is 25.4. The van der Waals surface area contributed by atoms with Crippen molar-refractivity contribution in [3.05, 3.63) is 29.6 Å². The minimum absolute atomic E-state index is 0.0744. The van der Waals surface area contributed by atoms with E-state index < -0.39 is 5.82 Å². The zero-order valence-corrected chi connectivity index (χ0v) is 9.28. The highest BCUT2D eigenvalue weighted by Gasteiger charge is 2.37. The lowest BCUT2D eigenvalue weighted by molar-refractivity contribution is -0.119. The molecule has 3 rings (SSSR count). The van der Waals surface area contributed by atoms with Crippen LogP contribution in [0.5, 0.6) is 0 Å². The van der Waals surface area contributed by atoms with Crippen LogP contribution in [0.1, 0.15) is 29.6 Å². The molecule has 88 valence electrons. The Balaban J connectivity index is 2.02. The summed E-state index contributed by atoms with van der Waals surface area (Å²) >= 11 is 0. The fourth-order valence-corrected chi connectivity index (χ4v) is 2.22. The fraction of sp³-hybridized carbons (Fsp3) is 0.385. The first-order chi connectivity index (χ1) is 8.16. The minimum atomic E-state index is -0.433. The molecule has 17 heavy (non-hydrogen) atoms. The maximum absolute atomic E-state index is 13.1. The Hall–Kier alpha value is -1.71. The Morgan fingerprint density at radius 3 is 2.82 bits per heavy atom. The molecule has 2 aliphatic rings. The van der Waals surface area contributed by atoms with Crippen LogP contribution in [0, 0.1) is 11.7 Å². The summed E-state index contributed by atoms with van der Waals surface area (Å²) in [5, 5.41) is 0. The van der Waals surface area contributed by atoms with E-state index in [1.165, 1.54) is 18.2 Å². The highest BCUT2D eigenvalue weighted by molar-refractivity contribution is 6.09. The van der Waals surface area contributed by atoms with Crippen molar-refractivity contribution in [2.45, 2.75) is 19.3 Å². The van der Waals surface area contributed by atoms with Crippen molar-refractivity contribution < 1.29 is 14.0 Å². The van der Waals surface area contributed by atoms with E-state index in [1.54, 1.807) is 4.90 Å². The molecule has 1 fully saturated rings. The van der Waals surface area contributed by atoms with E-state index in [4.69, 9.17) is 0 Å². The number of Topliss-reactive ketones (excluding diaryl/α,β-unsaturated/α-hetero) is 1. The van der Waals surface area contributed by atoms with Crippen LogP contribution in [0.4, 0.5) is 10.1 Å². The molecule has 1 aromatic rings.